The molecule has 3 fully saturated rings. The van der Waals surface area contributed by atoms with E-state index in [-0.39, 0.29) is 24.2 Å². The summed E-state index contributed by atoms with van der Waals surface area (Å²) in [6.45, 7) is 4.78. The second-order valence-electron chi connectivity index (χ2n) is 8.56. The van der Waals surface area contributed by atoms with Crippen LogP contribution in [-0.2, 0) is 9.53 Å². The molecule has 1 unspecified atom stereocenters. The van der Waals surface area contributed by atoms with Gasteiger partial charge in [0.1, 0.15) is 15.8 Å². The number of amides is 1. The molecule has 34 heavy (non-hydrogen) atoms. The zero-order chi connectivity index (χ0) is 23.7. The highest BCUT2D eigenvalue weighted by Gasteiger charge is 2.35. The number of ether oxygens (including phenoxy) is 1. The number of aliphatic hydroxyl groups is 1. The Hall–Kier alpha value is -2.31. The highest BCUT2D eigenvalue weighted by molar-refractivity contribution is 8.26. The largest absolute Gasteiger partial charge is 0.395 e. The predicted octanol–water partition coefficient (Wildman–Crippen LogP) is 1.19. The van der Waals surface area contributed by atoms with Crippen molar-refractivity contribution in [1.82, 2.24) is 19.2 Å². The molecule has 0 radical (unpaired) electrons. The lowest BCUT2D eigenvalue weighted by Gasteiger charge is -2.35. The van der Waals surface area contributed by atoms with E-state index in [0.29, 0.717) is 59.0 Å². The molecule has 1 amide bonds. The number of β-amino-alcohol motifs (C(OH)–C–C–N with tert-alkyl or cyclic N) is 1. The Balaban J connectivity index is 1.49. The second kappa shape index (κ2) is 10.1. The number of fused-ring (bicyclic) bond motifs is 1. The summed E-state index contributed by atoms with van der Waals surface area (Å²) in [6.07, 6.45) is 5.25. The Morgan fingerprint density at radius 3 is 2.79 bits per heavy atom. The van der Waals surface area contributed by atoms with Crippen molar-refractivity contribution in [1.29, 1.82) is 0 Å². The van der Waals surface area contributed by atoms with E-state index in [1.165, 1.54) is 16.2 Å². The SMILES string of the molecule is O=C1C(=Cc2c(N3CCN(CCO)CC3)nc3ccccn3c2=O)SC(=S)N1CC1CCCO1. The standard InChI is InChI=1S/C23H27N5O4S2/c29-12-11-25-7-9-26(10-8-25)20-17(21(30)27-6-2-1-5-19(27)24-20)14-18-22(31)28(23(33)34-18)15-16-4-3-13-32-16/h1-2,5-6,14,16,29H,3-4,7-13,15H2. The van der Waals surface area contributed by atoms with Gasteiger partial charge in [0.15, 0.2) is 0 Å². The maximum atomic E-state index is 13.5. The summed E-state index contributed by atoms with van der Waals surface area (Å²) in [6, 6.07) is 5.44. The smallest absolute Gasteiger partial charge is 0.267 e. The van der Waals surface area contributed by atoms with Gasteiger partial charge in [-0.15, -0.1) is 0 Å². The average Bonchev–Trinajstić information content (AvgIpc) is 3.45. The molecular weight excluding hydrogens is 474 g/mol. The fraction of sp³-hybridized carbons (Fsp3) is 0.478. The molecule has 0 spiro atoms. The zero-order valence-electron chi connectivity index (χ0n) is 18.8. The number of hydrogen-bond donors (Lipinski definition) is 1. The van der Waals surface area contributed by atoms with E-state index in [1.807, 2.05) is 6.07 Å². The van der Waals surface area contributed by atoms with Gasteiger partial charge >= 0.3 is 0 Å². The minimum absolute atomic E-state index is 0.000544. The van der Waals surface area contributed by atoms with Crippen LogP contribution >= 0.6 is 24.0 Å². The van der Waals surface area contributed by atoms with Crippen molar-refractivity contribution in [2.45, 2.75) is 18.9 Å². The van der Waals surface area contributed by atoms with Gasteiger partial charge < -0.3 is 14.7 Å². The Morgan fingerprint density at radius 2 is 2.06 bits per heavy atom. The number of aromatic nitrogens is 2. The summed E-state index contributed by atoms with van der Waals surface area (Å²) >= 11 is 6.71. The summed E-state index contributed by atoms with van der Waals surface area (Å²) in [5.41, 5.74) is 0.725. The van der Waals surface area contributed by atoms with Gasteiger partial charge in [-0.05, 0) is 31.1 Å². The van der Waals surface area contributed by atoms with Crippen LogP contribution in [0.1, 0.15) is 18.4 Å². The fourth-order valence-electron chi connectivity index (χ4n) is 4.56. The van der Waals surface area contributed by atoms with Crippen molar-refractivity contribution in [2.24, 2.45) is 0 Å². The van der Waals surface area contributed by atoms with Gasteiger partial charge in [0.05, 0.1) is 29.7 Å². The number of hydrogen-bond acceptors (Lipinski definition) is 9. The van der Waals surface area contributed by atoms with Gasteiger partial charge in [-0.1, -0.05) is 30.0 Å². The van der Waals surface area contributed by atoms with E-state index >= 15 is 0 Å². The molecule has 3 aliphatic rings. The van der Waals surface area contributed by atoms with Gasteiger partial charge in [0.2, 0.25) is 0 Å². The van der Waals surface area contributed by atoms with Crippen LogP contribution in [0.3, 0.4) is 0 Å². The van der Waals surface area contributed by atoms with E-state index in [4.69, 9.17) is 21.9 Å². The topological polar surface area (TPSA) is 90.6 Å². The summed E-state index contributed by atoms with van der Waals surface area (Å²) < 4.78 is 7.68. The normalized spacial score (nSPS) is 23.1. The number of carbonyl (C=O) groups is 1. The highest BCUT2D eigenvalue weighted by Crippen LogP contribution is 2.34. The molecule has 0 aromatic carbocycles. The first-order valence-electron chi connectivity index (χ1n) is 11.5. The van der Waals surface area contributed by atoms with Gasteiger partial charge in [0.25, 0.3) is 11.5 Å². The first-order chi connectivity index (χ1) is 16.5. The van der Waals surface area contributed by atoms with Crippen LogP contribution in [0.15, 0.2) is 34.1 Å². The molecule has 9 nitrogen and oxygen atoms in total. The molecule has 3 saturated heterocycles. The van der Waals surface area contributed by atoms with Gasteiger partial charge in [-0.25, -0.2) is 4.98 Å². The Kier molecular flexibility index (Phi) is 6.98. The van der Waals surface area contributed by atoms with Gasteiger partial charge in [0, 0.05) is 45.5 Å². The number of pyridine rings is 1. The fourth-order valence-corrected chi connectivity index (χ4v) is 5.82. The quantitative estimate of drug-likeness (QED) is 0.463. The number of nitrogens with zero attached hydrogens (tertiary/aromatic N) is 5. The summed E-state index contributed by atoms with van der Waals surface area (Å²) in [5.74, 6) is 0.381. The number of thiocarbonyl (C=S) groups is 1. The monoisotopic (exact) mass is 501 g/mol. The minimum atomic E-state index is -0.220. The number of carbonyl (C=O) groups excluding carboxylic acids is 1. The molecule has 3 aliphatic heterocycles. The lowest BCUT2D eigenvalue weighted by Crippen LogP contribution is -2.48. The van der Waals surface area contributed by atoms with E-state index in [1.54, 1.807) is 29.3 Å². The lowest BCUT2D eigenvalue weighted by molar-refractivity contribution is -0.123. The number of anilines is 1. The van der Waals surface area contributed by atoms with Crippen LogP contribution in [0.5, 0.6) is 0 Å². The number of piperazine rings is 1. The summed E-state index contributed by atoms with van der Waals surface area (Å²) in [7, 11) is 0. The highest BCUT2D eigenvalue weighted by atomic mass is 32.2. The van der Waals surface area contributed by atoms with Crippen molar-refractivity contribution in [2.75, 3.05) is 57.4 Å². The molecule has 0 aliphatic carbocycles. The van der Waals surface area contributed by atoms with Crippen molar-refractivity contribution < 1.29 is 14.6 Å². The van der Waals surface area contributed by atoms with Crippen LogP contribution in [0.4, 0.5) is 5.82 Å². The zero-order valence-corrected chi connectivity index (χ0v) is 20.4. The molecule has 5 heterocycles. The van der Waals surface area contributed by atoms with Crippen LogP contribution in [0.2, 0.25) is 0 Å². The van der Waals surface area contributed by atoms with Crippen LogP contribution in [0, 0.1) is 0 Å². The van der Waals surface area contributed by atoms with Crippen LogP contribution < -0.4 is 10.5 Å². The molecule has 1 N–H and O–H groups in total. The van der Waals surface area contributed by atoms with Crippen molar-refractivity contribution in [3.05, 3.63) is 45.2 Å². The third-order valence-electron chi connectivity index (χ3n) is 6.40. The number of thioether (sulfide) groups is 1. The molecule has 180 valence electrons. The third kappa shape index (κ3) is 4.63. The third-order valence-corrected chi connectivity index (χ3v) is 7.77. The number of aliphatic hydroxyl groups excluding tert-OH is 1. The first kappa shape index (κ1) is 23.4. The molecule has 0 bridgehead atoms. The van der Waals surface area contributed by atoms with Gasteiger partial charge in [-0.2, -0.15) is 0 Å². The van der Waals surface area contributed by atoms with Crippen molar-refractivity contribution >= 4 is 51.7 Å². The maximum Gasteiger partial charge on any atom is 0.267 e. The Labute approximate surface area is 207 Å². The first-order valence-corrected chi connectivity index (χ1v) is 12.7. The Morgan fingerprint density at radius 1 is 1.24 bits per heavy atom. The summed E-state index contributed by atoms with van der Waals surface area (Å²) in [4.78, 5) is 37.8. The molecule has 2 aromatic rings. The van der Waals surface area contributed by atoms with Crippen LogP contribution in [-0.4, -0.2) is 93.1 Å². The summed E-state index contributed by atoms with van der Waals surface area (Å²) in [5, 5.41) is 9.24. The Bertz CT molecular complexity index is 1190. The molecule has 0 saturated carbocycles. The van der Waals surface area contributed by atoms with E-state index in [0.717, 1.165) is 25.9 Å². The van der Waals surface area contributed by atoms with Crippen molar-refractivity contribution in [3.8, 4) is 0 Å². The molecule has 1 atom stereocenters. The van der Waals surface area contributed by atoms with Gasteiger partial charge in [-0.3, -0.25) is 23.8 Å². The van der Waals surface area contributed by atoms with Crippen LogP contribution in [0.25, 0.3) is 11.7 Å². The van der Waals surface area contributed by atoms with E-state index in [9.17, 15) is 14.7 Å². The maximum absolute atomic E-state index is 13.5. The van der Waals surface area contributed by atoms with Crippen molar-refractivity contribution in [3.63, 3.8) is 0 Å². The van der Waals surface area contributed by atoms with E-state index < -0.39 is 0 Å². The molecule has 11 heteroatoms. The number of rotatable bonds is 6. The molecule has 5 rings (SSSR count). The minimum Gasteiger partial charge on any atom is -0.395 e. The average molecular weight is 502 g/mol. The second-order valence-corrected chi connectivity index (χ2v) is 10.2. The van der Waals surface area contributed by atoms with E-state index in [2.05, 4.69) is 9.80 Å². The molecule has 2 aromatic heterocycles. The molecular formula is C23H27N5O4S2. The lowest BCUT2D eigenvalue weighted by atomic mass is 10.2. The predicted molar refractivity (Wildman–Crippen MR) is 136 cm³/mol.